The van der Waals surface area contributed by atoms with Crippen LogP contribution in [-0.4, -0.2) is 20.3 Å². The molecule has 2 heterocycles. The lowest BCUT2D eigenvalue weighted by Crippen LogP contribution is -2.12. The van der Waals surface area contributed by atoms with Gasteiger partial charge in [-0.05, 0) is 49.8 Å². The highest BCUT2D eigenvalue weighted by atomic mass is 35.5. The Hall–Kier alpha value is -1.72. The molecule has 2 aromatic heterocycles. The van der Waals surface area contributed by atoms with E-state index in [9.17, 15) is 0 Å². The summed E-state index contributed by atoms with van der Waals surface area (Å²) >= 11 is 1.91. The molecule has 0 radical (unpaired) electrons. The zero-order valence-electron chi connectivity index (χ0n) is 16.5. The van der Waals surface area contributed by atoms with E-state index in [4.69, 9.17) is 15.7 Å². The third kappa shape index (κ3) is 4.31. The third-order valence-electron chi connectivity index (χ3n) is 5.35. The number of imidazole rings is 1. The van der Waals surface area contributed by atoms with Crippen molar-refractivity contribution in [2.24, 2.45) is 0 Å². The highest BCUT2D eigenvalue weighted by Crippen LogP contribution is 2.32. The van der Waals surface area contributed by atoms with E-state index in [1.807, 2.05) is 11.8 Å². The number of aryl methyl sites for hydroxylation is 4. The summed E-state index contributed by atoms with van der Waals surface area (Å²) in [6.07, 6.45) is 7.94. The number of anilines is 1. The van der Waals surface area contributed by atoms with Crippen molar-refractivity contribution < 1.29 is 0 Å². The Morgan fingerprint density at radius 2 is 1.89 bits per heavy atom. The molecule has 0 fully saturated rings. The maximum absolute atomic E-state index is 6.32. The van der Waals surface area contributed by atoms with Crippen LogP contribution in [-0.2, 0) is 25.8 Å². The van der Waals surface area contributed by atoms with Gasteiger partial charge in [-0.3, -0.25) is 0 Å². The molecule has 0 bridgehead atoms. The molecule has 1 aromatic carbocycles. The van der Waals surface area contributed by atoms with Crippen molar-refractivity contribution in [1.82, 2.24) is 14.5 Å². The first kappa shape index (κ1) is 21.0. The third-order valence-corrected chi connectivity index (χ3v) is 6.34. The summed E-state index contributed by atoms with van der Waals surface area (Å²) in [5, 5.41) is 0. The Kier molecular flexibility index (Phi) is 7.24. The molecule has 3 aromatic rings. The largest absolute Gasteiger partial charge is 0.382 e. The molecule has 4 rings (SSSR count). The fraction of sp³-hybridized carbons (Fsp3) is 0.455. The molecule has 1 aliphatic carbocycles. The van der Waals surface area contributed by atoms with Gasteiger partial charge in [-0.1, -0.05) is 31.5 Å². The van der Waals surface area contributed by atoms with Crippen molar-refractivity contribution >= 4 is 41.0 Å². The van der Waals surface area contributed by atoms with Gasteiger partial charge in [-0.25, -0.2) is 9.97 Å². The molecule has 1 aliphatic rings. The van der Waals surface area contributed by atoms with Crippen LogP contribution in [0.25, 0.3) is 11.0 Å². The van der Waals surface area contributed by atoms with Crippen LogP contribution in [0.15, 0.2) is 35.2 Å². The van der Waals surface area contributed by atoms with Crippen molar-refractivity contribution in [1.29, 1.82) is 0 Å². The van der Waals surface area contributed by atoms with E-state index in [0.29, 0.717) is 5.82 Å². The fourth-order valence-corrected chi connectivity index (χ4v) is 4.85. The maximum Gasteiger partial charge on any atom is 0.151 e. The van der Waals surface area contributed by atoms with Crippen molar-refractivity contribution in [2.45, 2.75) is 63.3 Å². The van der Waals surface area contributed by atoms with Crippen LogP contribution in [0.1, 0.15) is 49.7 Å². The quantitative estimate of drug-likeness (QED) is 0.520. The van der Waals surface area contributed by atoms with Crippen molar-refractivity contribution in [3.8, 4) is 0 Å². The van der Waals surface area contributed by atoms with E-state index >= 15 is 0 Å². The molecule has 0 saturated carbocycles. The summed E-state index contributed by atoms with van der Waals surface area (Å²) in [6, 6.07) is 10.6. The monoisotopic (exact) mass is 416 g/mol. The molecular weight excluding hydrogens is 388 g/mol. The van der Waals surface area contributed by atoms with E-state index in [1.54, 1.807) is 0 Å². The van der Waals surface area contributed by atoms with Gasteiger partial charge in [0.1, 0.15) is 11.3 Å². The van der Waals surface area contributed by atoms with Gasteiger partial charge in [0.2, 0.25) is 0 Å². The van der Waals surface area contributed by atoms with Crippen LogP contribution in [0, 0.1) is 0 Å². The molecule has 0 aliphatic heterocycles. The first-order chi connectivity index (χ1) is 13.3. The number of halogens is 1. The van der Waals surface area contributed by atoms with Crippen LogP contribution < -0.4 is 5.73 Å². The Morgan fingerprint density at radius 3 is 2.68 bits per heavy atom. The predicted octanol–water partition coefficient (Wildman–Crippen LogP) is 5.45. The number of benzene rings is 1. The molecule has 0 spiro atoms. The molecule has 0 atom stereocenters. The van der Waals surface area contributed by atoms with Gasteiger partial charge in [0.05, 0.1) is 5.52 Å². The highest BCUT2D eigenvalue weighted by Gasteiger charge is 2.22. The van der Waals surface area contributed by atoms with Crippen LogP contribution in [0.4, 0.5) is 5.82 Å². The second-order valence-corrected chi connectivity index (χ2v) is 8.44. The SMILES string of the molecule is CCCCc1nc2c(N)nc3c(c2n1CCSc1ccccc1)CCCC3.Cl. The summed E-state index contributed by atoms with van der Waals surface area (Å²) in [5.74, 6) is 2.82. The summed E-state index contributed by atoms with van der Waals surface area (Å²) in [5.41, 5.74) is 11.1. The Labute approximate surface area is 177 Å². The first-order valence-electron chi connectivity index (χ1n) is 10.1. The summed E-state index contributed by atoms with van der Waals surface area (Å²) in [4.78, 5) is 11.0. The van der Waals surface area contributed by atoms with E-state index < -0.39 is 0 Å². The van der Waals surface area contributed by atoms with E-state index in [1.165, 1.54) is 46.8 Å². The topological polar surface area (TPSA) is 56.7 Å². The lowest BCUT2D eigenvalue weighted by atomic mass is 9.95. The van der Waals surface area contributed by atoms with Crippen LogP contribution in [0.3, 0.4) is 0 Å². The molecule has 150 valence electrons. The molecule has 4 nitrogen and oxygen atoms in total. The van der Waals surface area contributed by atoms with E-state index in [2.05, 4.69) is 41.8 Å². The number of nitrogen functional groups attached to an aromatic ring is 1. The van der Waals surface area contributed by atoms with Crippen molar-refractivity contribution in [3.05, 3.63) is 47.4 Å². The zero-order valence-corrected chi connectivity index (χ0v) is 18.1. The second-order valence-electron chi connectivity index (χ2n) is 7.27. The van der Waals surface area contributed by atoms with E-state index in [-0.39, 0.29) is 12.4 Å². The van der Waals surface area contributed by atoms with Gasteiger partial charge in [0.25, 0.3) is 0 Å². The van der Waals surface area contributed by atoms with Crippen LogP contribution in [0.2, 0.25) is 0 Å². The minimum atomic E-state index is 0. The average molecular weight is 417 g/mol. The van der Waals surface area contributed by atoms with E-state index in [0.717, 1.165) is 43.5 Å². The molecule has 0 amide bonds. The summed E-state index contributed by atoms with van der Waals surface area (Å²) < 4.78 is 2.45. The van der Waals surface area contributed by atoms with Crippen molar-refractivity contribution in [3.63, 3.8) is 0 Å². The molecule has 28 heavy (non-hydrogen) atoms. The smallest absolute Gasteiger partial charge is 0.151 e. The zero-order chi connectivity index (χ0) is 18.6. The van der Waals surface area contributed by atoms with Gasteiger partial charge in [0.15, 0.2) is 5.82 Å². The highest BCUT2D eigenvalue weighted by molar-refractivity contribution is 7.99. The first-order valence-corrected chi connectivity index (χ1v) is 11.1. The van der Waals surface area contributed by atoms with Gasteiger partial charge < -0.3 is 10.3 Å². The number of aromatic nitrogens is 3. The Bertz CT molecular complexity index is 923. The predicted molar refractivity (Wildman–Crippen MR) is 122 cm³/mol. The van der Waals surface area contributed by atoms with Gasteiger partial charge >= 0.3 is 0 Å². The van der Waals surface area contributed by atoms with Gasteiger partial charge in [-0.15, -0.1) is 24.2 Å². The molecular formula is C22H29ClN4S. The maximum atomic E-state index is 6.32. The fourth-order valence-electron chi connectivity index (χ4n) is 3.99. The number of hydrogen-bond acceptors (Lipinski definition) is 4. The average Bonchev–Trinajstić information content (AvgIpc) is 3.07. The number of pyridine rings is 1. The Morgan fingerprint density at radius 1 is 1.11 bits per heavy atom. The number of fused-ring (bicyclic) bond motifs is 3. The molecule has 0 unspecified atom stereocenters. The molecule has 6 heteroatoms. The second kappa shape index (κ2) is 9.66. The normalized spacial score (nSPS) is 13.3. The minimum absolute atomic E-state index is 0. The van der Waals surface area contributed by atoms with Gasteiger partial charge in [-0.2, -0.15) is 0 Å². The summed E-state index contributed by atoms with van der Waals surface area (Å²) in [7, 11) is 0. The summed E-state index contributed by atoms with van der Waals surface area (Å²) in [6.45, 7) is 3.20. The minimum Gasteiger partial charge on any atom is -0.382 e. The van der Waals surface area contributed by atoms with Crippen LogP contribution in [0.5, 0.6) is 0 Å². The van der Waals surface area contributed by atoms with Gasteiger partial charge in [0, 0.05) is 29.3 Å². The number of nitrogens with zero attached hydrogens (tertiary/aromatic N) is 3. The standard InChI is InChI=1S/C22H28N4S.ClH/c1-2-3-13-19-25-20-21(17-11-7-8-12-18(17)24-22(20)23)26(19)14-15-27-16-9-5-4-6-10-16;/h4-6,9-10H,2-3,7-8,11-15H2,1H3,(H2,23,24);1H. The number of thioether (sulfide) groups is 1. The molecule has 2 N–H and O–H groups in total. The van der Waals surface area contributed by atoms with Crippen molar-refractivity contribution in [2.75, 3.05) is 11.5 Å². The number of hydrogen-bond donors (Lipinski definition) is 1. The number of unbranched alkanes of at least 4 members (excludes halogenated alkanes) is 1. The molecule has 0 saturated heterocycles. The number of nitrogens with two attached hydrogens (primary N) is 1. The van der Waals surface area contributed by atoms with Crippen LogP contribution >= 0.6 is 24.2 Å². The lowest BCUT2D eigenvalue weighted by Gasteiger charge is -2.18. The lowest BCUT2D eigenvalue weighted by molar-refractivity contribution is 0.656. The number of rotatable bonds is 7. The Balaban J connectivity index is 0.00000225.